The number of nitrogens with zero attached hydrogens (tertiary/aromatic N) is 1. The molecule has 6 nitrogen and oxygen atoms in total. The molecule has 3 aromatic rings. The molecule has 1 amide bonds. The highest BCUT2D eigenvalue weighted by molar-refractivity contribution is 6.02. The van der Waals surface area contributed by atoms with Gasteiger partial charge in [0.2, 0.25) is 5.91 Å². The fraction of sp³-hybridized carbons (Fsp3) is 0.333. The third-order valence-corrected chi connectivity index (χ3v) is 7.71. The molecule has 1 N–H and O–H groups in total. The van der Waals surface area contributed by atoms with Crippen molar-refractivity contribution in [3.05, 3.63) is 101 Å². The van der Waals surface area contributed by atoms with Crippen molar-refractivity contribution in [3.63, 3.8) is 0 Å². The number of halogens is 1. The van der Waals surface area contributed by atoms with Gasteiger partial charge in [-0.15, -0.1) is 0 Å². The van der Waals surface area contributed by atoms with Crippen LogP contribution in [0.4, 0.5) is 10.1 Å². The molecule has 0 radical (unpaired) electrons. The fourth-order valence-electron chi connectivity index (χ4n) is 5.28. The topological polar surface area (TPSA) is 67.9 Å². The van der Waals surface area contributed by atoms with Gasteiger partial charge in [0.1, 0.15) is 17.3 Å². The van der Waals surface area contributed by atoms with Crippen molar-refractivity contribution >= 4 is 17.4 Å². The molecular weight excluding hydrogens is 507 g/mol. The molecule has 40 heavy (non-hydrogen) atoms. The summed E-state index contributed by atoms with van der Waals surface area (Å²) in [5.74, 6) is 0.129. The van der Waals surface area contributed by atoms with Crippen molar-refractivity contribution in [2.24, 2.45) is 5.92 Å². The summed E-state index contributed by atoms with van der Waals surface area (Å²) < 4.78 is 24.9. The number of hydrogen-bond donors (Lipinski definition) is 1. The Kier molecular flexibility index (Phi) is 9.04. The monoisotopic (exact) mass is 542 g/mol. The first-order valence-corrected chi connectivity index (χ1v) is 13.9. The van der Waals surface area contributed by atoms with E-state index >= 15 is 0 Å². The van der Waals surface area contributed by atoms with Crippen molar-refractivity contribution in [2.45, 2.75) is 45.3 Å². The van der Waals surface area contributed by atoms with Gasteiger partial charge >= 0.3 is 0 Å². The molecule has 7 heteroatoms. The van der Waals surface area contributed by atoms with E-state index in [0.717, 1.165) is 36.1 Å². The Labute approximate surface area is 234 Å². The average Bonchev–Trinajstić information content (AvgIpc) is 3.34. The minimum atomic E-state index is -0.553. The van der Waals surface area contributed by atoms with E-state index in [1.165, 1.54) is 12.1 Å². The van der Waals surface area contributed by atoms with Crippen LogP contribution in [-0.2, 0) is 20.9 Å². The normalized spacial score (nSPS) is 17.8. The standard InChI is InChI=1S/C33H35FN2O4/c1-23-6-5-19-36(23)20-32(37)30-18-17-29(30)31(22-39-21-24-7-3-2-4-8-24)33(38)35-26-11-15-28(16-12-26)40-27-13-9-25(34)10-14-27/h2-4,7-16,23,31H,5-6,17-22H2,1H3,(H,35,38). The van der Waals surface area contributed by atoms with Gasteiger partial charge in [0.15, 0.2) is 5.78 Å². The van der Waals surface area contributed by atoms with Gasteiger partial charge in [-0.3, -0.25) is 14.5 Å². The minimum absolute atomic E-state index is 0.123. The van der Waals surface area contributed by atoms with E-state index in [0.29, 0.717) is 49.2 Å². The second-order valence-corrected chi connectivity index (χ2v) is 10.5. The van der Waals surface area contributed by atoms with Crippen molar-refractivity contribution in [1.29, 1.82) is 0 Å². The lowest BCUT2D eigenvalue weighted by molar-refractivity contribution is -0.121. The fourth-order valence-corrected chi connectivity index (χ4v) is 5.28. The molecule has 1 aliphatic heterocycles. The van der Waals surface area contributed by atoms with Crippen LogP contribution in [0.25, 0.3) is 0 Å². The largest absolute Gasteiger partial charge is 0.457 e. The van der Waals surface area contributed by atoms with Gasteiger partial charge in [-0.1, -0.05) is 30.3 Å². The Morgan fingerprint density at radius 2 is 1.68 bits per heavy atom. The molecule has 0 aromatic heterocycles. The first-order chi connectivity index (χ1) is 19.5. The number of hydrogen-bond acceptors (Lipinski definition) is 5. The predicted octanol–water partition coefficient (Wildman–Crippen LogP) is 6.53. The van der Waals surface area contributed by atoms with Gasteiger partial charge in [-0.25, -0.2) is 4.39 Å². The summed E-state index contributed by atoms with van der Waals surface area (Å²) in [6.07, 6.45) is 3.65. The van der Waals surface area contributed by atoms with Crippen LogP contribution in [0.3, 0.4) is 0 Å². The van der Waals surface area contributed by atoms with E-state index in [1.54, 1.807) is 36.4 Å². The summed E-state index contributed by atoms with van der Waals surface area (Å²) in [7, 11) is 0. The van der Waals surface area contributed by atoms with E-state index in [2.05, 4.69) is 17.1 Å². The number of carbonyl (C=O) groups is 2. The van der Waals surface area contributed by atoms with Crippen LogP contribution in [0, 0.1) is 11.7 Å². The highest BCUT2D eigenvalue weighted by Crippen LogP contribution is 2.36. The molecule has 5 rings (SSSR count). The van der Waals surface area contributed by atoms with E-state index in [9.17, 15) is 14.0 Å². The quantitative estimate of drug-likeness (QED) is 0.282. The molecule has 3 aromatic carbocycles. The molecule has 1 saturated heterocycles. The molecule has 2 atom stereocenters. The second-order valence-electron chi connectivity index (χ2n) is 10.5. The molecule has 1 aliphatic carbocycles. The summed E-state index contributed by atoms with van der Waals surface area (Å²) in [6, 6.07) is 23.0. The summed E-state index contributed by atoms with van der Waals surface area (Å²) >= 11 is 0. The highest BCUT2D eigenvalue weighted by atomic mass is 19.1. The van der Waals surface area contributed by atoms with E-state index in [4.69, 9.17) is 9.47 Å². The van der Waals surface area contributed by atoms with Crippen molar-refractivity contribution < 1.29 is 23.5 Å². The Balaban J connectivity index is 1.27. The van der Waals surface area contributed by atoms with E-state index in [-0.39, 0.29) is 24.1 Å². The van der Waals surface area contributed by atoms with Crippen molar-refractivity contribution in [2.75, 3.05) is 25.0 Å². The number of likely N-dealkylation sites (tertiary alicyclic amines) is 1. The van der Waals surface area contributed by atoms with Crippen LogP contribution in [-0.4, -0.2) is 42.3 Å². The van der Waals surface area contributed by atoms with Crippen LogP contribution >= 0.6 is 0 Å². The summed E-state index contributed by atoms with van der Waals surface area (Å²) in [5.41, 5.74) is 3.31. The number of benzene rings is 3. The number of amides is 1. The summed E-state index contributed by atoms with van der Waals surface area (Å²) in [5, 5.41) is 3.00. The third kappa shape index (κ3) is 7.03. The lowest BCUT2D eigenvalue weighted by Gasteiger charge is -2.31. The third-order valence-electron chi connectivity index (χ3n) is 7.71. The molecule has 1 heterocycles. The molecule has 0 saturated carbocycles. The summed E-state index contributed by atoms with van der Waals surface area (Å²) in [4.78, 5) is 29.0. The van der Waals surface area contributed by atoms with Gasteiger partial charge < -0.3 is 14.8 Å². The zero-order valence-electron chi connectivity index (χ0n) is 22.8. The van der Waals surface area contributed by atoms with Gasteiger partial charge in [0.25, 0.3) is 0 Å². The van der Waals surface area contributed by atoms with Crippen LogP contribution in [0.1, 0.15) is 38.2 Å². The zero-order valence-corrected chi connectivity index (χ0v) is 22.8. The van der Waals surface area contributed by atoms with Gasteiger partial charge in [-0.05, 0) is 104 Å². The number of carbonyl (C=O) groups excluding carboxylic acids is 2. The number of anilines is 1. The Morgan fingerprint density at radius 3 is 2.30 bits per heavy atom. The molecule has 1 fully saturated rings. The Morgan fingerprint density at radius 1 is 0.975 bits per heavy atom. The number of ether oxygens (including phenoxy) is 2. The number of nitrogens with one attached hydrogen (secondary N) is 1. The second kappa shape index (κ2) is 13.0. The molecular formula is C33H35FN2O4. The smallest absolute Gasteiger partial charge is 0.233 e. The molecule has 0 bridgehead atoms. The minimum Gasteiger partial charge on any atom is -0.457 e. The summed E-state index contributed by atoms with van der Waals surface area (Å²) in [6.45, 7) is 4.11. The zero-order chi connectivity index (χ0) is 27.9. The van der Waals surface area contributed by atoms with Crippen molar-refractivity contribution in [3.8, 4) is 11.5 Å². The number of ketones is 1. The van der Waals surface area contributed by atoms with Crippen molar-refractivity contribution in [1.82, 2.24) is 4.90 Å². The first kappa shape index (κ1) is 27.7. The SMILES string of the molecule is CC1CCCN1CC(=O)C1=C(C(COCc2ccccc2)C(=O)Nc2ccc(Oc3ccc(F)cc3)cc2)CC1. The van der Waals surface area contributed by atoms with Gasteiger partial charge in [0.05, 0.1) is 25.7 Å². The Hall–Kier alpha value is -3.81. The lowest BCUT2D eigenvalue weighted by Crippen LogP contribution is -2.37. The maximum absolute atomic E-state index is 13.5. The van der Waals surface area contributed by atoms with Crippen LogP contribution in [0.5, 0.6) is 11.5 Å². The number of Topliss-reactive ketones (excluding diaryl/α,β-unsaturated/α-hetero) is 1. The highest BCUT2D eigenvalue weighted by Gasteiger charge is 2.35. The average molecular weight is 543 g/mol. The Bertz CT molecular complexity index is 1340. The molecule has 0 spiro atoms. The molecule has 2 aliphatic rings. The maximum Gasteiger partial charge on any atom is 0.233 e. The predicted molar refractivity (Wildman–Crippen MR) is 153 cm³/mol. The van der Waals surface area contributed by atoms with Gasteiger partial charge in [0, 0.05) is 11.7 Å². The van der Waals surface area contributed by atoms with E-state index < -0.39 is 5.92 Å². The molecule has 2 unspecified atom stereocenters. The lowest BCUT2D eigenvalue weighted by atomic mass is 9.78. The number of rotatable bonds is 12. The maximum atomic E-state index is 13.5. The van der Waals surface area contributed by atoms with Crippen LogP contribution in [0.2, 0.25) is 0 Å². The molecule has 208 valence electrons. The first-order valence-electron chi connectivity index (χ1n) is 13.9. The van der Waals surface area contributed by atoms with Gasteiger partial charge in [-0.2, -0.15) is 0 Å². The van der Waals surface area contributed by atoms with Crippen LogP contribution in [0.15, 0.2) is 90.0 Å². The van der Waals surface area contributed by atoms with E-state index in [1.807, 2.05) is 30.3 Å². The van der Waals surface area contributed by atoms with Crippen LogP contribution < -0.4 is 10.1 Å².